The molecule has 1 aliphatic rings. The van der Waals surface area contributed by atoms with Crippen LogP contribution in [0.15, 0.2) is 16.5 Å². The first kappa shape index (κ1) is 9.02. The fourth-order valence-electron chi connectivity index (χ4n) is 2.67. The quantitative estimate of drug-likeness (QED) is 0.628. The summed E-state index contributed by atoms with van der Waals surface area (Å²) in [4.78, 5) is 0. The fourth-order valence-corrected chi connectivity index (χ4v) is 2.67. The minimum atomic E-state index is 1.13. The van der Waals surface area contributed by atoms with E-state index in [-0.39, 0.29) is 0 Å². The Bertz CT molecular complexity index is 520. The molecule has 1 aromatic heterocycles. The second kappa shape index (κ2) is 3.13. The van der Waals surface area contributed by atoms with E-state index in [2.05, 4.69) is 26.0 Å². The molecule has 1 heteroatoms. The smallest absolute Gasteiger partial charge is 0.137 e. The second-order valence-electron chi connectivity index (χ2n) is 4.61. The van der Waals surface area contributed by atoms with Crippen LogP contribution in [0.3, 0.4) is 0 Å². The van der Waals surface area contributed by atoms with Gasteiger partial charge in [-0.3, -0.25) is 0 Å². The number of furan rings is 1. The van der Waals surface area contributed by atoms with Crippen molar-refractivity contribution in [2.45, 2.75) is 39.5 Å². The molecule has 3 rings (SSSR count). The minimum Gasteiger partial charge on any atom is -0.460 e. The minimum absolute atomic E-state index is 1.13. The zero-order valence-corrected chi connectivity index (χ0v) is 9.39. The molecule has 0 N–H and O–H groups in total. The summed E-state index contributed by atoms with van der Waals surface area (Å²) < 4.78 is 6.00. The van der Waals surface area contributed by atoms with Crippen molar-refractivity contribution in [2.24, 2.45) is 0 Å². The van der Waals surface area contributed by atoms with E-state index in [1.165, 1.54) is 47.1 Å². The first-order chi connectivity index (χ1) is 7.27. The summed E-state index contributed by atoms with van der Waals surface area (Å²) >= 11 is 0. The molecule has 0 saturated heterocycles. The van der Waals surface area contributed by atoms with Gasteiger partial charge in [0.25, 0.3) is 0 Å². The average molecular weight is 200 g/mol. The van der Waals surface area contributed by atoms with E-state index in [1.807, 2.05) is 0 Å². The van der Waals surface area contributed by atoms with Crippen molar-refractivity contribution in [3.63, 3.8) is 0 Å². The van der Waals surface area contributed by atoms with E-state index in [4.69, 9.17) is 4.42 Å². The molecular formula is C14H16O. The maximum absolute atomic E-state index is 6.00. The monoisotopic (exact) mass is 200 g/mol. The Morgan fingerprint density at radius 2 is 1.73 bits per heavy atom. The third kappa shape index (κ3) is 1.22. The lowest BCUT2D eigenvalue weighted by atomic mass is 9.93. The molecule has 0 saturated carbocycles. The third-order valence-corrected chi connectivity index (χ3v) is 3.51. The molecule has 1 aliphatic carbocycles. The van der Waals surface area contributed by atoms with Crippen molar-refractivity contribution in [2.75, 3.05) is 0 Å². The molecule has 0 aliphatic heterocycles. The van der Waals surface area contributed by atoms with Crippen LogP contribution in [0.2, 0.25) is 0 Å². The summed E-state index contributed by atoms with van der Waals surface area (Å²) in [5.41, 5.74) is 5.24. The number of hydrogen-bond acceptors (Lipinski definition) is 1. The van der Waals surface area contributed by atoms with E-state index in [9.17, 15) is 0 Å². The molecular weight excluding hydrogens is 184 g/mol. The van der Waals surface area contributed by atoms with Crippen molar-refractivity contribution in [3.05, 3.63) is 34.6 Å². The van der Waals surface area contributed by atoms with Crippen LogP contribution in [-0.2, 0) is 12.8 Å². The van der Waals surface area contributed by atoms with Crippen LogP contribution in [0.25, 0.3) is 11.0 Å². The SMILES string of the molecule is Cc1ccc(C)c2c3c(oc12)CCCC3. The molecule has 78 valence electrons. The Morgan fingerprint density at radius 1 is 1.00 bits per heavy atom. The summed E-state index contributed by atoms with van der Waals surface area (Å²) in [6.07, 6.45) is 4.93. The van der Waals surface area contributed by atoms with E-state index < -0.39 is 0 Å². The highest BCUT2D eigenvalue weighted by atomic mass is 16.3. The summed E-state index contributed by atoms with van der Waals surface area (Å²) in [6, 6.07) is 4.37. The Morgan fingerprint density at radius 3 is 2.60 bits per heavy atom. The van der Waals surface area contributed by atoms with Gasteiger partial charge in [0.15, 0.2) is 0 Å². The van der Waals surface area contributed by atoms with Crippen molar-refractivity contribution in [3.8, 4) is 0 Å². The van der Waals surface area contributed by atoms with E-state index >= 15 is 0 Å². The van der Waals surface area contributed by atoms with Crippen molar-refractivity contribution >= 4 is 11.0 Å². The van der Waals surface area contributed by atoms with Crippen LogP contribution in [0.5, 0.6) is 0 Å². The van der Waals surface area contributed by atoms with Gasteiger partial charge in [0.2, 0.25) is 0 Å². The van der Waals surface area contributed by atoms with Gasteiger partial charge in [-0.25, -0.2) is 0 Å². The zero-order chi connectivity index (χ0) is 10.4. The van der Waals surface area contributed by atoms with Crippen LogP contribution < -0.4 is 0 Å². The predicted molar refractivity (Wildman–Crippen MR) is 62.3 cm³/mol. The molecule has 0 fully saturated rings. The molecule has 0 bridgehead atoms. The third-order valence-electron chi connectivity index (χ3n) is 3.51. The van der Waals surface area contributed by atoms with Crippen LogP contribution in [0.1, 0.15) is 35.3 Å². The van der Waals surface area contributed by atoms with Gasteiger partial charge in [0.05, 0.1) is 0 Å². The topological polar surface area (TPSA) is 13.1 Å². The highest BCUT2D eigenvalue weighted by molar-refractivity contribution is 5.88. The Labute approximate surface area is 90.1 Å². The highest BCUT2D eigenvalue weighted by Gasteiger charge is 2.19. The van der Waals surface area contributed by atoms with Crippen LogP contribution in [0.4, 0.5) is 0 Å². The zero-order valence-electron chi connectivity index (χ0n) is 9.39. The molecule has 1 heterocycles. The number of aryl methyl sites for hydroxylation is 4. The largest absolute Gasteiger partial charge is 0.460 e. The van der Waals surface area contributed by atoms with Gasteiger partial charge in [-0.15, -0.1) is 0 Å². The van der Waals surface area contributed by atoms with Gasteiger partial charge in [-0.05, 0) is 44.2 Å². The fraction of sp³-hybridized carbons (Fsp3) is 0.429. The van der Waals surface area contributed by atoms with E-state index in [0.29, 0.717) is 0 Å². The van der Waals surface area contributed by atoms with Gasteiger partial charge in [-0.1, -0.05) is 12.1 Å². The molecule has 0 amide bonds. The van der Waals surface area contributed by atoms with Gasteiger partial charge in [0, 0.05) is 17.4 Å². The lowest BCUT2D eigenvalue weighted by Crippen LogP contribution is -1.98. The summed E-state index contributed by atoms with van der Waals surface area (Å²) in [6.45, 7) is 4.32. The molecule has 15 heavy (non-hydrogen) atoms. The molecule has 1 nitrogen and oxygen atoms in total. The number of rotatable bonds is 0. The molecule has 0 spiro atoms. The van der Waals surface area contributed by atoms with Crippen molar-refractivity contribution < 1.29 is 4.42 Å². The number of hydrogen-bond donors (Lipinski definition) is 0. The number of fused-ring (bicyclic) bond motifs is 3. The first-order valence-corrected chi connectivity index (χ1v) is 5.78. The summed E-state index contributed by atoms with van der Waals surface area (Å²) in [5, 5.41) is 1.39. The standard InChI is InChI=1S/C14H16O/c1-9-7-8-10(2)14-13(9)11-5-3-4-6-12(11)15-14/h7-8H,3-6H2,1-2H3. The van der Waals surface area contributed by atoms with Crippen LogP contribution in [-0.4, -0.2) is 0 Å². The summed E-state index contributed by atoms with van der Waals surface area (Å²) in [5.74, 6) is 1.24. The normalized spacial score (nSPS) is 15.6. The van der Waals surface area contributed by atoms with Gasteiger partial charge in [-0.2, -0.15) is 0 Å². The molecule has 2 aromatic rings. The Balaban J connectivity index is 2.41. The molecule has 1 aromatic carbocycles. The second-order valence-corrected chi connectivity index (χ2v) is 4.61. The maximum atomic E-state index is 6.00. The lowest BCUT2D eigenvalue weighted by Gasteiger charge is -2.09. The Kier molecular flexibility index (Phi) is 1.88. The Hall–Kier alpha value is -1.24. The molecule has 0 radical (unpaired) electrons. The summed E-state index contributed by atoms with van der Waals surface area (Å²) in [7, 11) is 0. The van der Waals surface area contributed by atoms with Crippen molar-refractivity contribution in [1.82, 2.24) is 0 Å². The molecule has 0 atom stereocenters. The van der Waals surface area contributed by atoms with E-state index in [0.717, 1.165) is 12.0 Å². The number of benzene rings is 1. The van der Waals surface area contributed by atoms with Crippen molar-refractivity contribution in [1.29, 1.82) is 0 Å². The average Bonchev–Trinajstić information content (AvgIpc) is 2.64. The molecule has 0 unspecified atom stereocenters. The first-order valence-electron chi connectivity index (χ1n) is 5.78. The highest BCUT2D eigenvalue weighted by Crippen LogP contribution is 2.35. The van der Waals surface area contributed by atoms with Crippen LogP contribution >= 0.6 is 0 Å². The van der Waals surface area contributed by atoms with Crippen LogP contribution in [0, 0.1) is 13.8 Å². The maximum Gasteiger partial charge on any atom is 0.137 e. The van der Waals surface area contributed by atoms with Gasteiger partial charge < -0.3 is 4.42 Å². The van der Waals surface area contributed by atoms with E-state index in [1.54, 1.807) is 0 Å². The predicted octanol–water partition coefficient (Wildman–Crippen LogP) is 3.93. The van der Waals surface area contributed by atoms with Gasteiger partial charge >= 0.3 is 0 Å². The lowest BCUT2D eigenvalue weighted by molar-refractivity contribution is 0.505. The van der Waals surface area contributed by atoms with Gasteiger partial charge in [0.1, 0.15) is 11.3 Å².